The summed E-state index contributed by atoms with van der Waals surface area (Å²) in [5, 5.41) is 1.91. The first-order chi connectivity index (χ1) is 13.6. The molecular formula is C24H19NO2S. The number of anilines is 1. The molecule has 0 aliphatic heterocycles. The Kier molecular flexibility index (Phi) is 3.95. The lowest BCUT2D eigenvalue weighted by atomic mass is 10.1. The van der Waals surface area contributed by atoms with Crippen LogP contribution < -0.4 is 4.72 Å². The predicted octanol–water partition coefficient (Wildman–Crippen LogP) is 5.41. The van der Waals surface area contributed by atoms with Crippen LogP contribution in [-0.4, -0.2) is 8.42 Å². The van der Waals surface area contributed by atoms with Gasteiger partial charge in [-0.3, -0.25) is 4.72 Å². The molecule has 0 spiro atoms. The summed E-state index contributed by atoms with van der Waals surface area (Å²) in [7, 11) is -3.67. The average Bonchev–Trinajstić information content (AvgIpc) is 3.14. The molecule has 0 atom stereocenters. The molecule has 0 amide bonds. The van der Waals surface area contributed by atoms with E-state index in [9.17, 15) is 8.42 Å². The Morgan fingerprint density at radius 1 is 0.643 bits per heavy atom. The number of sulfonamides is 1. The molecule has 1 N–H and O–H groups in total. The summed E-state index contributed by atoms with van der Waals surface area (Å²) in [5.41, 5.74) is 5.18. The number of benzene rings is 4. The van der Waals surface area contributed by atoms with Crippen LogP contribution in [0.4, 0.5) is 5.69 Å². The predicted molar refractivity (Wildman–Crippen MR) is 114 cm³/mol. The number of hydrogen-bond acceptors (Lipinski definition) is 2. The Balaban J connectivity index is 1.50. The van der Waals surface area contributed by atoms with E-state index in [-0.39, 0.29) is 0 Å². The lowest BCUT2D eigenvalue weighted by molar-refractivity contribution is 0.602. The maximum atomic E-state index is 13.1. The van der Waals surface area contributed by atoms with Crippen LogP contribution in [0.25, 0.3) is 21.9 Å². The second-order valence-electron chi connectivity index (χ2n) is 7.11. The first kappa shape index (κ1) is 17.0. The maximum Gasteiger partial charge on any atom is 0.262 e. The number of aryl methyl sites for hydroxylation is 2. The fourth-order valence-corrected chi connectivity index (χ4v) is 5.29. The molecule has 4 heteroatoms. The minimum Gasteiger partial charge on any atom is -0.280 e. The Morgan fingerprint density at radius 2 is 1.32 bits per heavy atom. The molecule has 0 saturated heterocycles. The van der Waals surface area contributed by atoms with Crippen molar-refractivity contribution in [3.8, 4) is 11.1 Å². The SMILES string of the molecule is O=S(=O)(Nc1ccc(-c2ccccc2)cc1)c1ccc2c3c(cccc13)CC2. The zero-order chi connectivity index (χ0) is 19.1. The number of nitrogens with one attached hydrogen (secondary N) is 1. The van der Waals surface area contributed by atoms with Gasteiger partial charge < -0.3 is 0 Å². The Labute approximate surface area is 164 Å². The summed E-state index contributed by atoms with van der Waals surface area (Å²) in [6.07, 6.45) is 1.95. The zero-order valence-corrected chi connectivity index (χ0v) is 16.0. The standard InChI is InChI=1S/C24H19NO2S/c26-28(27,23-16-13-20-10-9-19-7-4-8-22(23)24(19)20)25-21-14-11-18(12-15-21)17-5-2-1-3-6-17/h1-8,11-16,25H,9-10H2. The van der Waals surface area contributed by atoms with Crippen LogP contribution >= 0.6 is 0 Å². The van der Waals surface area contributed by atoms with Crippen LogP contribution in [0.5, 0.6) is 0 Å². The summed E-state index contributed by atoms with van der Waals surface area (Å²) in [5.74, 6) is 0. The lowest BCUT2D eigenvalue weighted by Gasteiger charge is -2.12. The van der Waals surface area contributed by atoms with E-state index >= 15 is 0 Å². The van der Waals surface area contributed by atoms with Crippen LogP contribution in [0.2, 0.25) is 0 Å². The Hall–Kier alpha value is -3.11. The van der Waals surface area contributed by atoms with Crippen molar-refractivity contribution in [2.45, 2.75) is 17.7 Å². The number of hydrogen-bond donors (Lipinski definition) is 1. The van der Waals surface area contributed by atoms with Crippen molar-refractivity contribution in [2.75, 3.05) is 4.72 Å². The van der Waals surface area contributed by atoms with E-state index in [0.717, 1.165) is 34.7 Å². The Morgan fingerprint density at radius 3 is 2.07 bits per heavy atom. The second kappa shape index (κ2) is 6.50. The molecule has 4 aromatic rings. The highest BCUT2D eigenvalue weighted by Gasteiger charge is 2.22. The van der Waals surface area contributed by atoms with Gasteiger partial charge >= 0.3 is 0 Å². The molecule has 138 valence electrons. The van der Waals surface area contributed by atoms with Crippen LogP contribution in [-0.2, 0) is 22.9 Å². The Bertz CT molecular complexity index is 1270. The van der Waals surface area contributed by atoms with Gasteiger partial charge in [0.25, 0.3) is 10.0 Å². The van der Waals surface area contributed by atoms with E-state index < -0.39 is 10.0 Å². The van der Waals surface area contributed by atoms with Crippen molar-refractivity contribution < 1.29 is 8.42 Å². The van der Waals surface area contributed by atoms with E-state index in [0.29, 0.717) is 10.6 Å². The molecule has 0 heterocycles. The van der Waals surface area contributed by atoms with Gasteiger partial charge in [0.2, 0.25) is 0 Å². The molecule has 1 aliphatic rings. The molecule has 3 nitrogen and oxygen atoms in total. The van der Waals surface area contributed by atoms with Crippen molar-refractivity contribution in [1.29, 1.82) is 0 Å². The highest BCUT2D eigenvalue weighted by molar-refractivity contribution is 7.93. The van der Waals surface area contributed by atoms with Gasteiger partial charge in [0.15, 0.2) is 0 Å². The summed E-state index contributed by atoms with van der Waals surface area (Å²) in [4.78, 5) is 0.335. The molecule has 0 aromatic heterocycles. The zero-order valence-electron chi connectivity index (χ0n) is 15.2. The van der Waals surface area contributed by atoms with Gasteiger partial charge in [0, 0.05) is 11.1 Å². The van der Waals surface area contributed by atoms with Gasteiger partial charge in [-0.25, -0.2) is 8.42 Å². The highest BCUT2D eigenvalue weighted by Crippen LogP contribution is 2.35. The van der Waals surface area contributed by atoms with Crippen molar-refractivity contribution in [1.82, 2.24) is 0 Å². The third-order valence-corrected chi connectivity index (χ3v) is 6.81. The normalized spacial score (nSPS) is 13.0. The van der Waals surface area contributed by atoms with Crippen LogP contribution in [0.3, 0.4) is 0 Å². The van der Waals surface area contributed by atoms with Crippen molar-refractivity contribution in [3.05, 3.63) is 96.1 Å². The molecular weight excluding hydrogens is 366 g/mol. The fraction of sp³-hybridized carbons (Fsp3) is 0.0833. The van der Waals surface area contributed by atoms with E-state index in [1.54, 1.807) is 18.2 Å². The van der Waals surface area contributed by atoms with Gasteiger partial charge in [0.1, 0.15) is 0 Å². The monoisotopic (exact) mass is 385 g/mol. The smallest absolute Gasteiger partial charge is 0.262 e. The average molecular weight is 385 g/mol. The van der Waals surface area contributed by atoms with Gasteiger partial charge in [-0.2, -0.15) is 0 Å². The van der Waals surface area contributed by atoms with Gasteiger partial charge in [0.05, 0.1) is 4.90 Å². The van der Waals surface area contributed by atoms with E-state index in [1.165, 1.54) is 11.1 Å². The topological polar surface area (TPSA) is 46.2 Å². The molecule has 4 aromatic carbocycles. The molecule has 5 rings (SSSR count). The van der Waals surface area contributed by atoms with Crippen LogP contribution in [0, 0.1) is 0 Å². The number of rotatable bonds is 4. The largest absolute Gasteiger partial charge is 0.280 e. The van der Waals surface area contributed by atoms with Crippen molar-refractivity contribution in [3.63, 3.8) is 0 Å². The first-order valence-electron chi connectivity index (χ1n) is 9.34. The fourth-order valence-electron chi connectivity index (χ4n) is 4.03. The van der Waals surface area contributed by atoms with E-state index in [1.807, 2.05) is 60.7 Å². The molecule has 28 heavy (non-hydrogen) atoms. The third kappa shape index (κ3) is 2.86. The van der Waals surface area contributed by atoms with Crippen molar-refractivity contribution in [2.24, 2.45) is 0 Å². The first-order valence-corrected chi connectivity index (χ1v) is 10.8. The lowest BCUT2D eigenvalue weighted by Crippen LogP contribution is -2.13. The van der Waals surface area contributed by atoms with Gasteiger partial charge in [-0.15, -0.1) is 0 Å². The second-order valence-corrected chi connectivity index (χ2v) is 8.76. The maximum absolute atomic E-state index is 13.1. The highest BCUT2D eigenvalue weighted by atomic mass is 32.2. The molecule has 0 fully saturated rings. The molecule has 0 bridgehead atoms. The summed E-state index contributed by atoms with van der Waals surface area (Å²) < 4.78 is 28.9. The van der Waals surface area contributed by atoms with Crippen molar-refractivity contribution >= 4 is 26.5 Å². The van der Waals surface area contributed by atoms with Crippen LogP contribution in [0.1, 0.15) is 11.1 Å². The van der Waals surface area contributed by atoms with Gasteiger partial charge in [-0.05, 0) is 58.7 Å². The quantitative estimate of drug-likeness (QED) is 0.511. The van der Waals surface area contributed by atoms with Crippen LogP contribution in [0.15, 0.2) is 89.8 Å². The molecule has 0 unspecified atom stereocenters. The minimum absolute atomic E-state index is 0.335. The summed E-state index contributed by atoms with van der Waals surface area (Å²) in [6, 6.07) is 27.1. The van der Waals surface area contributed by atoms with E-state index in [2.05, 4.69) is 10.8 Å². The van der Waals surface area contributed by atoms with Gasteiger partial charge in [-0.1, -0.05) is 66.7 Å². The third-order valence-electron chi connectivity index (χ3n) is 5.37. The van der Waals surface area contributed by atoms with E-state index in [4.69, 9.17) is 0 Å². The molecule has 1 aliphatic carbocycles. The molecule has 0 radical (unpaired) electrons. The summed E-state index contributed by atoms with van der Waals surface area (Å²) >= 11 is 0. The molecule has 0 saturated carbocycles. The summed E-state index contributed by atoms with van der Waals surface area (Å²) in [6.45, 7) is 0. The minimum atomic E-state index is -3.67.